The van der Waals surface area contributed by atoms with Gasteiger partial charge in [-0.15, -0.1) is 0 Å². The number of nitrogens with one attached hydrogen (secondary N) is 1. The van der Waals surface area contributed by atoms with Crippen LogP contribution < -0.4 is 5.32 Å². The summed E-state index contributed by atoms with van der Waals surface area (Å²) in [5, 5.41) is 3.37. The molecular weight excluding hydrogens is 228 g/mol. The summed E-state index contributed by atoms with van der Waals surface area (Å²) < 4.78 is 0.921. The van der Waals surface area contributed by atoms with Gasteiger partial charge in [-0.25, -0.2) is 4.98 Å². The van der Waals surface area contributed by atoms with Gasteiger partial charge in [-0.3, -0.25) is 0 Å². The lowest BCUT2D eigenvalue weighted by molar-refractivity contribution is 0.459. The highest BCUT2D eigenvalue weighted by molar-refractivity contribution is 9.10. The molecule has 3 heteroatoms. The maximum Gasteiger partial charge on any atom is 0.106 e. The van der Waals surface area contributed by atoms with Crippen LogP contribution in [-0.2, 0) is 0 Å². The molecule has 1 N–H and O–H groups in total. The van der Waals surface area contributed by atoms with E-state index < -0.39 is 0 Å². The molecule has 0 aromatic carbocycles. The van der Waals surface area contributed by atoms with Gasteiger partial charge in [-0.05, 0) is 59.4 Å². The summed E-state index contributed by atoms with van der Waals surface area (Å²) >= 11 is 3.35. The Morgan fingerprint density at radius 3 is 2.69 bits per heavy atom. The van der Waals surface area contributed by atoms with Crippen molar-refractivity contribution in [2.75, 3.05) is 13.1 Å². The molecule has 0 amide bonds. The smallest absolute Gasteiger partial charge is 0.106 e. The van der Waals surface area contributed by atoms with Crippen LogP contribution in [0.4, 0.5) is 0 Å². The molecule has 2 nitrogen and oxygen atoms in total. The first-order chi connectivity index (χ1) is 6.36. The fourth-order valence-corrected chi connectivity index (χ4v) is 2.02. The molecule has 0 bridgehead atoms. The molecule has 1 fully saturated rings. The number of piperidine rings is 1. The van der Waals surface area contributed by atoms with Crippen LogP contribution in [0.1, 0.15) is 24.3 Å². The minimum atomic E-state index is 0.710. The van der Waals surface area contributed by atoms with Crippen molar-refractivity contribution in [2.24, 2.45) is 0 Å². The van der Waals surface area contributed by atoms with Crippen LogP contribution in [0.3, 0.4) is 0 Å². The number of halogens is 1. The Labute approximate surface area is 86.9 Å². The second-order valence-electron chi connectivity index (χ2n) is 3.44. The third-order valence-corrected chi connectivity index (χ3v) is 3.03. The van der Waals surface area contributed by atoms with Crippen LogP contribution in [0.15, 0.2) is 22.9 Å². The monoisotopic (exact) mass is 240 g/mol. The molecule has 0 aliphatic carbocycles. The predicted octanol–water partition coefficient (Wildman–Crippen LogP) is 2.31. The number of aromatic nitrogens is 1. The highest BCUT2D eigenvalue weighted by Gasteiger charge is 2.14. The number of hydrogen-bond acceptors (Lipinski definition) is 2. The van der Waals surface area contributed by atoms with Crippen LogP contribution >= 0.6 is 15.9 Å². The SMILES string of the molecule is Brc1ccc(C2CCNCC2)cn1. The van der Waals surface area contributed by atoms with Crippen LogP contribution in [0.25, 0.3) is 0 Å². The number of rotatable bonds is 1. The topological polar surface area (TPSA) is 24.9 Å². The molecule has 0 saturated carbocycles. The highest BCUT2D eigenvalue weighted by Crippen LogP contribution is 2.24. The Kier molecular flexibility index (Phi) is 2.96. The lowest BCUT2D eigenvalue weighted by atomic mass is 9.91. The van der Waals surface area contributed by atoms with Crippen LogP contribution in [0.5, 0.6) is 0 Å². The third-order valence-electron chi connectivity index (χ3n) is 2.56. The second-order valence-corrected chi connectivity index (χ2v) is 4.25. The summed E-state index contributed by atoms with van der Waals surface area (Å²) in [5.74, 6) is 0.710. The minimum absolute atomic E-state index is 0.710. The average Bonchev–Trinajstić information content (AvgIpc) is 2.20. The van der Waals surface area contributed by atoms with E-state index in [-0.39, 0.29) is 0 Å². The van der Waals surface area contributed by atoms with Crippen molar-refractivity contribution in [3.05, 3.63) is 28.5 Å². The minimum Gasteiger partial charge on any atom is -0.317 e. The molecule has 1 aromatic rings. The van der Waals surface area contributed by atoms with E-state index in [4.69, 9.17) is 0 Å². The largest absolute Gasteiger partial charge is 0.317 e. The van der Waals surface area contributed by atoms with Gasteiger partial charge >= 0.3 is 0 Å². The summed E-state index contributed by atoms with van der Waals surface area (Å²) in [4.78, 5) is 4.25. The van der Waals surface area contributed by atoms with Crippen LogP contribution in [0, 0.1) is 0 Å². The van der Waals surface area contributed by atoms with Crippen molar-refractivity contribution < 1.29 is 0 Å². The number of hydrogen-bond donors (Lipinski definition) is 1. The van der Waals surface area contributed by atoms with Gasteiger partial charge in [0.05, 0.1) is 0 Å². The lowest BCUT2D eigenvalue weighted by Crippen LogP contribution is -2.26. The fraction of sp³-hybridized carbons (Fsp3) is 0.500. The van der Waals surface area contributed by atoms with E-state index >= 15 is 0 Å². The Bertz CT molecular complexity index is 265. The van der Waals surface area contributed by atoms with Crippen molar-refractivity contribution in [1.82, 2.24) is 10.3 Å². The molecule has 0 spiro atoms. The van der Waals surface area contributed by atoms with Gasteiger partial charge in [0, 0.05) is 6.20 Å². The first-order valence-corrected chi connectivity index (χ1v) is 5.48. The summed E-state index contributed by atoms with van der Waals surface area (Å²) in [6.07, 6.45) is 4.46. The highest BCUT2D eigenvalue weighted by atomic mass is 79.9. The molecule has 13 heavy (non-hydrogen) atoms. The molecule has 2 rings (SSSR count). The van der Waals surface area contributed by atoms with Gasteiger partial charge in [0.15, 0.2) is 0 Å². The molecule has 2 heterocycles. The zero-order chi connectivity index (χ0) is 9.10. The summed E-state index contributed by atoms with van der Waals surface area (Å²) in [7, 11) is 0. The number of pyridine rings is 1. The van der Waals surface area contributed by atoms with E-state index in [0.29, 0.717) is 5.92 Å². The molecule has 1 saturated heterocycles. The summed E-state index contributed by atoms with van der Waals surface area (Å²) in [6.45, 7) is 2.28. The van der Waals surface area contributed by atoms with Crippen molar-refractivity contribution in [1.29, 1.82) is 0 Å². The van der Waals surface area contributed by atoms with Gasteiger partial charge in [0.25, 0.3) is 0 Å². The molecule has 0 unspecified atom stereocenters. The van der Waals surface area contributed by atoms with Crippen LogP contribution in [-0.4, -0.2) is 18.1 Å². The Morgan fingerprint density at radius 1 is 1.31 bits per heavy atom. The summed E-state index contributed by atoms with van der Waals surface area (Å²) in [5.41, 5.74) is 1.38. The number of nitrogens with zero attached hydrogens (tertiary/aromatic N) is 1. The normalized spacial score (nSPS) is 18.8. The van der Waals surface area contributed by atoms with E-state index in [1.54, 1.807) is 0 Å². The average molecular weight is 241 g/mol. The van der Waals surface area contributed by atoms with Gasteiger partial charge in [-0.2, -0.15) is 0 Å². The zero-order valence-electron chi connectivity index (χ0n) is 7.46. The molecule has 1 aromatic heterocycles. The van der Waals surface area contributed by atoms with E-state index in [9.17, 15) is 0 Å². The summed E-state index contributed by atoms with van der Waals surface area (Å²) in [6, 6.07) is 4.20. The van der Waals surface area contributed by atoms with E-state index in [1.165, 1.54) is 18.4 Å². The van der Waals surface area contributed by atoms with Gasteiger partial charge in [0.2, 0.25) is 0 Å². The first kappa shape index (κ1) is 9.16. The van der Waals surface area contributed by atoms with Crippen molar-refractivity contribution in [2.45, 2.75) is 18.8 Å². The van der Waals surface area contributed by atoms with E-state index in [2.05, 4.69) is 32.3 Å². The van der Waals surface area contributed by atoms with Gasteiger partial charge < -0.3 is 5.32 Å². The molecular formula is C10H13BrN2. The molecule has 1 aliphatic heterocycles. The second kappa shape index (κ2) is 4.20. The molecule has 70 valence electrons. The maximum atomic E-state index is 4.25. The maximum absolute atomic E-state index is 4.25. The quantitative estimate of drug-likeness (QED) is 0.763. The molecule has 0 atom stereocenters. The van der Waals surface area contributed by atoms with E-state index in [1.807, 2.05) is 12.3 Å². The third kappa shape index (κ3) is 2.29. The molecule has 1 aliphatic rings. The molecule has 0 radical (unpaired) electrons. The predicted molar refractivity (Wildman–Crippen MR) is 56.8 cm³/mol. The zero-order valence-corrected chi connectivity index (χ0v) is 9.05. The van der Waals surface area contributed by atoms with Crippen molar-refractivity contribution in [3.8, 4) is 0 Å². The lowest BCUT2D eigenvalue weighted by Gasteiger charge is -2.22. The van der Waals surface area contributed by atoms with Gasteiger partial charge in [0.1, 0.15) is 4.60 Å². The first-order valence-electron chi connectivity index (χ1n) is 4.68. The van der Waals surface area contributed by atoms with Crippen molar-refractivity contribution >= 4 is 15.9 Å². The van der Waals surface area contributed by atoms with E-state index in [0.717, 1.165) is 17.7 Å². The fourth-order valence-electron chi connectivity index (χ4n) is 1.78. The van der Waals surface area contributed by atoms with Gasteiger partial charge in [-0.1, -0.05) is 6.07 Å². The Hall–Kier alpha value is -0.410. The standard InChI is InChI=1S/C10H13BrN2/c11-10-2-1-9(7-13-10)8-3-5-12-6-4-8/h1-2,7-8,12H,3-6H2. The van der Waals surface area contributed by atoms with Crippen LogP contribution in [0.2, 0.25) is 0 Å². The Balaban J connectivity index is 2.10. The van der Waals surface area contributed by atoms with Crippen molar-refractivity contribution in [3.63, 3.8) is 0 Å². The Morgan fingerprint density at radius 2 is 2.08 bits per heavy atom.